The van der Waals surface area contributed by atoms with Gasteiger partial charge < -0.3 is 15.8 Å². The van der Waals surface area contributed by atoms with Crippen LogP contribution >= 0.6 is 46.2 Å². The van der Waals surface area contributed by atoms with Gasteiger partial charge in [-0.1, -0.05) is 83.8 Å². The molecule has 2 aliphatic rings. The maximum Gasteiger partial charge on any atom is 0.356 e. The average molecular weight is 637 g/mol. The van der Waals surface area contributed by atoms with E-state index in [1.54, 1.807) is 5.38 Å². The molecular formula is C28H24N6O4S4. The van der Waals surface area contributed by atoms with Crippen LogP contribution in [-0.4, -0.2) is 55.0 Å². The minimum absolute atomic E-state index is 0.00688. The molecule has 2 aliphatic heterocycles. The number of carbonyl (C=O) groups is 3. The zero-order chi connectivity index (χ0) is 29.2. The number of hydrogen-bond donors (Lipinski definition) is 2. The number of nitrogens with zero attached hydrogens (tertiary/aromatic N) is 4. The van der Waals surface area contributed by atoms with E-state index in [0.29, 0.717) is 25.8 Å². The standard InChI is InChI=1S/C28H24N6O4S4/c1-15-32-33-28(41-15)42-19-14-39-25-21(31-20(35)12-18-13-40-27(29)30-18)24(36)34(25)22(19)26(37)38-23(16-8-4-2-5-9-16)17-10-6-3-7-11-17/h2-11,13,21,23,25H,12,14H2,1H3,(H2,29,30)(H,31,35)/t21-,25+/m1/s1. The first kappa shape index (κ1) is 28.4. The summed E-state index contributed by atoms with van der Waals surface area (Å²) in [6, 6.07) is 18.1. The van der Waals surface area contributed by atoms with Crippen molar-refractivity contribution in [3.63, 3.8) is 0 Å². The van der Waals surface area contributed by atoms with Crippen LogP contribution in [0.4, 0.5) is 5.13 Å². The number of thiazole rings is 1. The van der Waals surface area contributed by atoms with Crippen LogP contribution < -0.4 is 11.1 Å². The lowest BCUT2D eigenvalue weighted by molar-refractivity contribution is -0.154. The molecule has 42 heavy (non-hydrogen) atoms. The molecule has 0 radical (unpaired) electrons. The summed E-state index contributed by atoms with van der Waals surface area (Å²) in [6.07, 6.45) is -0.680. The van der Waals surface area contributed by atoms with Crippen molar-refractivity contribution >= 4 is 69.1 Å². The van der Waals surface area contributed by atoms with Crippen LogP contribution in [0, 0.1) is 6.92 Å². The van der Waals surface area contributed by atoms with Crippen LogP contribution in [0.5, 0.6) is 0 Å². The quantitative estimate of drug-likeness (QED) is 0.203. The first-order valence-corrected chi connectivity index (χ1v) is 16.4. The van der Waals surface area contributed by atoms with E-state index in [1.807, 2.05) is 67.6 Å². The summed E-state index contributed by atoms with van der Waals surface area (Å²) >= 11 is 5.43. The molecule has 0 spiro atoms. The molecule has 0 saturated carbocycles. The summed E-state index contributed by atoms with van der Waals surface area (Å²) in [4.78, 5) is 46.5. The van der Waals surface area contributed by atoms with Crippen molar-refractivity contribution < 1.29 is 19.1 Å². The Morgan fingerprint density at radius 1 is 1.12 bits per heavy atom. The Morgan fingerprint density at radius 3 is 2.40 bits per heavy atom. The predicted octanol–water partition coefficient (Wildman–Crippen LogP) is 4.16. The molecule has 6 rings (SSSR count). The van der Waals surface area contributed by atoms with Gasteiger partial charge in [0.25, 0.3) is 5.91 Å². The van der Waals surface area contributed by atoms with Crippen molar-refractivity contribution in [3.8, 4) is 0 Å². The minimum atomic E-state index is -0.782. The highest BCUT2D eigenvalue weighted by Gasteiger charge is 2.55. The fourth-order valence-electron chi connectivity index (χ4n) is 4.62. The summed E-state index contributed by atoms with van der Waals surface area (Å²) in [6.45, 7) is 1.85. The number of benzene rings is 2. The normalized spacial score (nSPS) is 18.0. The van der Waals surface area contributed by atoms with Gasteiger partial charge in [0.05, 0.1) is 12.1 Å². The van der Waals surface area contributed by atoms with Crippen molar-refractivity contribution in [1.82, 2.24) is 25.4 Å². The Labute approximate surface area is 257 Å². The van der Waals surface area contributed by atoms with E-state index in [2.05, 4.69) is 20.5 Å². The summed E-state index contributed by atoms with van der Waals surface area (Å²) in [7, 11) is 0. The third kappa shape index (κ3) is 5.93. The van der Waals surface area contributed by atoms with Gasteiger partial charge in [-0.15, -0.1) is 33.3 Å². The van der Waals surface area contributed by atoms with E-state index in [9.17, 15) is 14.4 Å². The zero-order valence-electron chi connectivity index (χ0n) is 22.1. The van der Waals surface area contributed by atoms with Crippen LogP contribution in [0.2, 0.25) is 0 Å². The number of hydrogen-bond acceptors (Lipinski definition) is 12. The lowest BCUT2D eigenvalue weighted by Crippen LogP contribution is -2.70. The SMILES string of the molecule is Cc1nnc(SC2=C(C(=O)OC(c3ccccc3)c3ccccc3)N3C(=O)[C@@H](NC(=O)Cc4csc(N)n4)[C@@H]3SC2)s1. The largest absolute Gasteiger partial charge is 0.448 e. The zero-order valence-corrected chi connectivity index (χ0v) is 25.4. The first-order valence-electron chi connectivity index (χ1n) is 12.8. The number of nitrogens with two attached hydrogens (primary N) is 1. The third-order valence-corrected chi connectivity index (χ3v) is 10.7. The van der Waals surface area contributed by atoms with Crippen molar-refractivity contribution in [2.45, 2.75) is 35.2 Å². The van der Waals surface area contributed by atoms with Gasteiger partial charge in [0, 0.05) is 16.0 Å². The maximum atomic E-state index is 14.0. The average Bonchev–Trinajstić information content (AvgIpc) is 3.61. The number of carbonyl (C=O) groups excluding carboxylic acids is 3. The molecule has 1 saturated heterocycles. The number of anilines is 1. The monoisotopic (exact) mass is 636 g/mol. The second kappa shape index (κ2) is 12.3. The molecule has 3 N–H and O–H groups in total. The Bertz CT molecular complexity index is 1620. The molecule has 4 heterocycles. The number of β-lactam (4-membered cyclic amide) rings is 1. The van der Waals surface area contributed by atoms with Crippen molar-refractivity contribution in [2.24, 2.45) is 0 Å². The van der Waals surface area contributed by atoms with Crippen LogP contribution in [0.15, 0.2) is 81.0 Å². The molecule has 4 aromatic rings. The van der Waals surface area contributed by atoms with Gasteiger partial charge in [0.15, 0.2) is 15.6 Å². The van der Waals surface area contributed by atoms with Crippen molar-refractivity contribution in [3.05, 3.63) is 98.5 Å². The lowest BCUT2D eigenvalue weighted by Gasteiger charge is -2.49. The Balaban J connectivity index is 1.28. The fourth-order valence-corrected chi connectivity index (χ4v) is 8.64. The Kier molecular flexibility index (Phi) is 8.29. The Hall–Kier alpha value is -3.72. The number of nitrogen functional groups attached to an aromatic ring is 1. The van der Waals surface area contributed by atoms with E-state index in [1.165, 1.54) is 51.1 Å². The van der Waals surface area contributed by atoms with Gasteiger partial charge in [0.2, 0.25) is 5.91 Å². The molecule has 2 atom stereocenters. The van der Waals surface area contributed by atoms with Gasteiger partial charge in [-0.2, -0.15) is 0 Å². The third-order valence-electron chi connectivity index (χ3n) is 6.50. The van der Waals surface area contributed by atoms with E-state index in [0.717, 1.165) is 16.1 Å². The van der Waals surface area contributed by atoms with Crippen LogP contribution in [0.3, 0.4) is 0 Å². The molecule has 2 aromatic carbocycles. The summed E-state index contributed by atoms with van der Waals surface area (Å²) < 4.78 is 6.84. The first-order chi connectivity index (χ1) is 20.4. The molecule has 1 fully saturated rings. The molecular weight excluding hydrogens is 613 g/mol. The van der Waals surface area contributed by atoms with Gasteiger partial charge >= 0.3 is 5.97 Å². The number of aryl methyl sites for hydroxylation is 1. The molecule has 2 aromatic heterocycles. The lowest BCUT2D eigenvalue weighted by atomic mass is 10.0. The number of amides is 2. The second-order valence-corrected chi connectivity index (χ2v) is 13.9. The number of esters is 1. The number of rotatable bonds is 9. The predicted molar refractivity (Wildman–Crippen MR) is 164 cm³/mol. The fraction of sp³-hybridized carbons (Fsp3) is 0.214. The summed E-state index contributed by atoms with van der Waals surface area (Å²) in [5.41, 5.74) is 7.98. The molecule has 214 valence electrons. The summed E-state index contributed by atoms with van der Waals surface area (Å²) in [5, 5.41) is 13.5. The van der Waals surface area contributed by atoms with Gasteiger partial charge in [-0.3, -0.25) is 14.5 Å². The number of aromatic nitrogens is 3. The second-order valence-electron chi connectivity index (χ2n) is 9.38. The van der Waals surface area contributed by atoms with Crippen molar-refractivity contribution in [1.29, 1.82) is 0 Å². The van der Waals surface area contributed by atoms with E-state index in [-0.39, 0.29) is 23.9 Å². The smallest absolute Gasteiger partial charge is 0.356 e. The molecule has 10 nitrogen and oxygen atoms in total. The molecule has 2 amide bonds. The number of nitrogens with one attached hydrogen (secondary N) is 1. The molecule has 0 unspecified atom stereocenters. The van der Waals surface area contributed by atoms with Crippen LogP contribution in [-0.2, 0) is 25.5 Å². The summed E-state index contributed by atoms with van der Waals surface area (Å²) in [5.74, 6) is -0.922. The van der Waals surface area contributed by atoms with Crippen LogP contribution in [0.25, 0.3) is 0 Å². The highest BCUT2D eigenvalue weighted by Crippen LogP contribution is 2.46. The topological polar surface area (TPSA) is 140 Å². The number of fused-ring (bicyclic) bond motifs is 1. The Morgan fingerprint density at radius 2 is 1.81 bits per heavy atom. The highest BCUT2D eigenvalue weighted by atomic mass is 32.2. The molecule has 0 aliphatic carbocycles. The van der Waals surface area contributed by atoms with E-state index >= 15 is 0 Å². The van der Waals surface area contributed by atoms with E-state index < -0.39 is 23.5 Å². The maximum absolute atomic E-state index is 14.0. The molecule has 0 bridgehead atoms. The van der Waals surface area contributed by atoms with Crippen molar-refractivity contribution in [2.75, 3.05) is 11.5 Å². The highest BCUT2D eigenvalue weighted by molar-refractivity contribution is 8.07. The van der Waals surface area contributed by atoms with E-state index in [4.69, 9.17) is 10.5 Å². The molecule has 14 heteroatoms. The number of thioether (sulfide) groups is 2. The van der Waals surface area contributed by atoms with Gasteiger partial charge in [0.1, 0.15) is 22.1 Å². The minimum Gasteiger partial charge on any atom is -0.448 e. The van der Waals surface area contributed by atoms with Crippen LogP contribution in [0.1, 0.15) is 27.9 Å². The number of ether oxygens (including phenoxy) is 1. The van der Waals surface area contributed by atoms with Gasteiger partial charge in [-0.25, -0.2) is 9.78 Å². The van der Waals surface area contributed by atoms with Gasteiger partial charge in [-0.05, 0) is 18.1 Å².